The normalized spacial score (nSPS) is 14.2. The maximum atomic E-state index is 4.89. The van der Waals surface area contributed by atoms with E-state index < -0.39 is 0 Å². The van der Waals surface area contributed by atoms with E-state index in [9.17, 15) is 0 Å². The molecule has 0 spiro atoms. The van der Waals surface area contributed by atoms with Crippen molar-refractivity contribution < 1.29 is 0 Å². The molecule has 156 valence electrons. The highest BCUT2D eigenvalue weighted by Crippen LogP contribution is 2.29. The number of thiophene rings is 1. The lowest BCUT2D eigenvalue weighted by Crippen LogP contribution is -2.10. The standard InChI is InChI=1S/C24H29N5S/c1-15(2)8-18(16(3)4)10-19-12-26-29-23(27-20-6-7-20)11-22(28-24(19)29)25-13-21-9-17(5)14-30-21/h9-12,14,20,27H,1,3,6-8,13H2,2,4-5H3,(H,25,28)/b18-10+. The molecular weight excluding hydrogens is 390 g/mol. The number of hydrogen-bond donors (Lipinski definition) is 2. The summed E-state index contributed by atoms with van der Waals surface area (Å²) >= 11 is 1.77. The highest BCUT2D eigenvalue weighted by atomic mass is 32.1. The fourth-order valence-corrected chi connectivity index (χ4v) is 4.13. The summed E-state index contributed by atoms with van der Waals surface area (Å²) in [6.45, 7) is 15.1. The van der Waals surface area contributed by atoms with Crippen LogP contribution in [0.3, 0.4) is 0 Å². The predicted octanol–water partition coefficient (Wildman–Crippen LogP) is 6.21. The molecule has 1 aliphatic rings. The molecule has 0 radical (unpaired) electrons. The summed E-state index contributed by atoms with van der Waals surface area (Å²) in [6.07, 6.45) is 7.23. The molecule has 6 heteroatoms. The first kappa shape index (κ1) is 20.4. The van der Waals surface area contributed by atoms with Crippen LogP contribution in [-0.4, -0.2) is 20.6 Å². The van der Waals surface area contributed by atoms with Gasteiger partial charge in [0.2, 0.25) is 0 Å². The van der Waals surface area contributed by atoms with E-state index >= 15 is 0 Å². The van der Waals surface area contributed by atoms with Crippen LogP contribution < -0.4 is 10.6 Å². The smallest absolute Gasteiger partial charge is 0.166 e. The van der Waals surface area contributed by atoms with E-state index in [0.717, 1.165) is 52.5 Å². The van der Waals surface area contributed by atoms with Gasteiger partial charge in [0.05, 0.1) is 12.7 Å². The maximum absolute atomic E-state index is 4.89. The molecule has 0 bridgehead atoms. The molecule has 0 aliphatic heterocycles. The van der Waals surface area contributed by atoms with E-state index in [2.05, 4.69) is 59.4 Å². The van der Waals surface area contributed by atoms with Crippen LogP contribution in [0.4, 0.5) is 11.6 Å². The van der Waals surface area contributed by atoms with E-state index in [-0.39, 0.29) is 0 Å². The van der Waals surface area contributed by atoms with Gasteiger partial charge in [0.1, 0.15) is 11.6 Å². The van der Waals surface area contributed by atoms with Crippen molar-refractivity contribution in [3.63, 3.8) is 0 Å². The van der Waals surface area contributed by atoms with Crippen molar-refractivity contribution >= 4 is 34.7 Å². The van der Waals surface area contributed by atoms with E-state index in [1.165, 1.54) is 23.3 Å². The SMILES string of the molecule is C=C(C)C/C(=C\c1cnn2c(NC3CC3)cc(NCc3cc(C)cs3)nc12)C(=C)C. The van der Waals surface area contributed by atoms with Crippen LogP contribution in [0.2, 0.25) is 0 Å². The molecule has 0 aromatic carbocycles. The van der Waals surface area contributed by atoms with Crippen molar-refractivity contribution in [1.29, 1.82) is 0 Å². The lowest BCUT2D eigenvalue weighted by molar-refractivity contribution is 0.922. The zero-order chi connectivity index (χ0) is 21.3. The van der Waals surface area contributed by atoms with Gasteiger partial charge in [-0.15, -0.1) is 11.3 Å². The van der Waals surface area contributed by atoms with E-state index in [1.54, 1.807) is 11.3 Å². The van der Waals surface area contributed by atoms with Crippen LogP contribution in [0.5, 0.6) is 0 Å². The number of allylic oxidation sites excluding steroid dienone is 3. The zero-order valence-electron chi connectivity index (χ0n) is 18.0. The number of aryl methyl sites for hydroxylation is 1. The second-order valence-corrected chi connectivity index (χ2v) is 9.30. The molecule has 4 rings (SSSR count). The summed E-state index contributed by atoms with van der Waals surface area (Å²) in [5.41, 5.74) is 6.43. The quantitative estimate of drug-likeness (QED) is 0.320. The Morgan fingerprint density at radius 1 is 1.30 bits per heavy atom. The topological polar surface area (TPSA) is 54.2 Å². The molecule has 0 amide bonds. The third-order valence-electron chi connectivity index (χ3n) is 5.03. The minimum atomic E-state index is 0.529. The van der Waals surface area contributed by atoms with E-state index in [1.807, 2.05) is 24.6 Å². The van der Waals surface area contributed by atoms with Gasteiger partial charge in [0, 0.05) is 22.5 Å². The van der Waals surface area contributed by atoms with Gasteiger partial charge in [-0.25, -0.2) is 4.98 Å². The Kier molecular flexibility index (Phi) is 5.77. The molecule has 3 aromatic heterocycles. The third kappa shape index (κ3) is 4.82. The summed E-state index contributed by atoms with van der Waals surface area (Å²) in [5, 5.41) is 13.9. The zero-order valence-corrected chi connectivity index (χ0v) is 18.8. The minimum Gasteiger partial charge on any atom is -0.367 e. The molecule has 3 heterocycles. The Morgan fingerprint density at radius 3 is 2.73 bits per heavy atom. The molecule has 5 nitrogen and oxygen atoms in total. The summed E-state index contributed by atoms with van der Waals surface area (Å²) in [5.74, 6) is 1.83. The highest BCUT2D eigenvalue weighted by Gasteiger charge is 2.23. The van der Waals surface area contributed by atoms with Crippen molar-refractivity contribution in [2.24, 2.45) is 0 Å². The summed E-state index contributed by atoms with van der Waals surface area (Å²) < 4.78 is 1.90. The van der Waals surface area contributed by atoms with E-state index in [0.29, 0.717) is 6.04 Å². The Bertz CT molecular complexity index is 1130. The molecule has 1 fully saturated rings. The Morgan fingerprint density at radius 2 is 2.10 bits per heavy atom. The number of fused-ring (bicyclic) bond motifs is 1. The van der Waals surface area contributed by atoms with Crippen molar-refractivity contribution in [3.8, 4) is 0 Å². The second kappa shape index (κ2) is 8.48. The second-order valence-electron chi connectivity index (χ2n) is 8.31. The monoisotopic (exact) mass is 419 g/mol. The van der Waals surface area contributed by atoms with Crippen molar-refractivity contribution in [1.82, 2.24) is 14.6 Å². The van der Waals surface area contributed by atoms with Crippen LogP contribution in [-0.2, 0) is 6.54 Å². The van der Waals surface area contributed by atoms with E-state index in [4.69, 9.17) is 4.98 Å². The lowest BCUT2D eigenvalue weighted by Gasteiger charge is -2.11. The van der Waals surface area contributed by atoms with Gasteiger partial charge in [-0.05, 0) is 68.7 Å². The Hall–Kier alpha value is -2.86. The van der Waals surface area contributed by atoms with Gasteiger partial charge in [-0.2, -0.15) is 9.61 Å². The average molecular weight is 420 g/mol. The van der Waals surface area contributed by atoms with Crippen LogP contribution in [0.1, 0.15) is 49.1 Å². The summed E-state index contributed by atoms with van der Waals surface area (Å²) in [6, 6.07) is 4.80. The number of nitrogens with one attached hydrogen (secondary N) is 2. The lowest BCUT2D eigenvalue weighted by atomic mass is 10.00. The van der Waals surface area contributed by atoms with Gasteiger partial charge < -0.3 is 10.6 Å². The first-order valence-electron chi connectivity index (χ1n) is 10.3. The Labute approximate surface area is 182 Å². The first-order chi connectivity index (χ1) is 14.4. The molecule has 0 atom stereocenters. The molecule has 3 aromatic rings. The molecule has 1 aliphatic carbocycles. The number of anilines is 2. The number of rotatable bonds is 9. The molecule has 1 saturated carbocycles. The number of hydrogen-bond acceptors (Lipinski definition) is 5. The van der Waals surface area contributed by atoms with Gasteiger partial charge in [-0.1, -0.05) is 24.3 Å². The summed E-state index contributed by atoms with van der Waals surface area (Å²) in [4.78, 5) is 6.19. The molecule has 2 N–H and O–H groups in total. The van der Waals surface area contributed by atoms with Crippen LogP contribution in [0.15, 0.2) is 53.6 Å². The van der Waals surface area contributed by atoms with Crippen LogP contribution in [0.25, 0.3) is 11.7 Å². The fourth-order valence-electron chi connectivity index (χ4n) is 3.31. The first-order valence-corrected chi connectivity index (χ1v) is 11.2. The van der Waals surface area contributed by atoms with Crippen LogP contribution in [0, 0.1) is 6.92 Å². The van der Waals surface area contributed by atoms with Crippen LogP contribution >= 0.6 is 11.3 Å². The fraction of sp³-hybridized carbons (Fsp3) is 0.333. The highest BCUT2D eigenvalue weighted by molar-refractivity contribution is 7.10. The van der Waals surface area contributed by atoms with Crippen molar-refractivity contribution in [2.75, 3.05) is 10.6 Å². The molecule has 0 saturated heterocycles. The van der Waals surface area contributed by atoms with Crippen molar-refractivity contribution in [2.45, 2.75) is 52.6 Å². The molecule has 0 unspecified atom stereocenters. The van der Waals surface area contributed by atoms with Gasteiger partial charge in [0.25, 0.3) is 0 Å². The largest absolute Gasteiger partial charge is 0.367 e. The predicted molar refractivity (Wildman–Crippen MR) is 128 cm³/mol. The van der Waals surface area contributed by atoms with Gasteiger partial charge in [-0.3, -0.25) is 0 Å². The molecular formula is C24H29N5S. The summed E-state index contributed by atoms with van der Waals surface area (Å²) in [7, 11) is 0. The van der Waals surface area contributed by atoms with Gasteiger partial charge in [0.15, 0.2) is 5.65 Å². The average Bonchev–Trinajstić information content (AvgIpc) is 3.26. The minimum absolute atomic E-state index is 0.529. The van der Waals surface area contributed by atoms with Gasteiger partial charge >= 0.3 is 0 Å². The van der Waals surface area contributed by atoms with Crippen molar-refractivity contribution in [3.05, 3.63) is 69.6 Å². The third-order valence-corrected chi connectivity index (χ3v) is 6.08. The number of aromatic nitrogens is 3. The maximum Gasteiger partial charge on any atom is 0.166 e. The molecule has 30 heavy (non-hydrogen) atoms. The number of nitrogens with zero attached hydrogens (tertiary/aromatic N) is 3. The Balaban J connectivity index is 1.70.